The van der Waals surface area contributed by atoms with E-state index in [1.54, 1.807) is 30.4 Å². The highest BCUT2D eigenvalue weighted by atomic mass is 32.2. The Bertz CT molecular complexity index is 377. The first-order valence-electron chi connectivity index (χ1n) is 5.02. The molecule has 0 amide bonds. The van der Waals surface area contributed by atoms with Crippen molar-refractivity contribution in [2.75, 3.05) is 12.5 Å². The van der Waals surface area contributed by atoms with E-state index in [-0.39, 0.29) is 5.92 Å². The van der Waals surface area contributed by atoms with Gasteiger partial charge in [0, 0.05) is 9.79 Å². The maximum Gasteiger partial charge on any atom is 0.306 e. The number of hydrogen-bond acceptors (Lipinski definition) is 3. The summed E-state index contributed by atoms with van der Waals surface area (Å²) in [5, 5.41) is 8.90. The minimum absolute atomic E-state index is 0.328. The lowest BCUT2D eigenvalue weighted by atomic mass is 10.0. The Morgan fingerprint density at radius 2 is 2.06 bits per heavy atom. The van der Waals surface area contributed by atoms with E-state index in [1.807, 2.05) is 24.6 Å². The highest BCUT2D eigenvalue weighted by molar-refractivity contribution is 7.99. The van der Waals surface area contributed by atoms with Gasteiger partial charge in [-0.1, -0.05) is 13.0 Å². The maximum absolute atomic E-state index is 10.8. The van der Waals surface area contributed by atoms with E-state index in [4.69, 9.17) is 5.11 Å². The fraction of sp³-hybridized carbons (Fsp3) is 0.417. The summed E-state index contributed by atoms with van der Waals surface area (Å²) >= 11 is 3.37. The Hall–Kier alpha value is -0.610. The van der Waals surface area contributed by atoms with Crippen LogP contribution in [0.25, 0.3) is 0 Å². The molecule has 1 rings (SSSR count). The first kappa shape index (κ1) is 13.5. The summed E-state index contributed by atoms with van der Waals surface area (Å²) in [7, 11) is 0. The predicted octanol–water partition coefficient (Wildman–Crippen LogP) is 3.39. The van der Waals surface area contributed by atoms with Crippen LogP contribution in [0.5, 0.6) is 0 Å². The van der Waals surface area contributed by atoms with Gasteiger partial charge in [0.15, 0.2) is 0 Å². The second-order valence-corrected chi connectivity index (χ2v) is 5.35. The van der Waals surface area contributed by atoms with E-state index >= 15 is 0 Å². The monoisotopic (exact) mass is 256 g/mol. The molecule has 1 aromatic rings. The van der Waals surface area contributed by atoms with Gasteiger partial charge in [-0.15, -0.1) is 23.5 Å². The number of carboxylic acid groups (broad SMARTS) is 1. The molecule has 16 heavy (non-hydrogen) atoms. The van der Waals surface area contributed by atoms with Gasteiger partial charge in [-0.2, -0.15) is 0 Å². The van der Waals surface area contributed by atoms with Crippen molar-refractivity contribution in [2.24, 2.45) is 5.92 Å². The van der Waals surface area contributed by atoms with Crippen LogP contribution in [0.2, 0.25) is 0 Å². The predicted molar refractivity (Wildman–Crippen MR) is 70.5 cm³/mol. The maximum atomic E-state index is 10.8. The van der Waals surface area contributed by atoms with Gasteiger partial charge in [0.05, 0.1) is 5.92 Å². The molecule has 1 atom stereocenters. The molecular weight excluding hydrogens is 240 g/mol. The van der Waals surface area contributed by atoms with Crippen molar-refractivity contribution in [3.05, 3.63) is 23.8 Å². The average molecular weight is 256 g/mol. The third-order valence-corrected chi connectivity index (χ3v) is 3.99. The average Bonchev–Trinajstić information content (AvgIpc) is 2.29. The van der Waals surface area contributed by atoms with Crippen molar-refractivity contribution >= 4 is 29.5 Å². The van der Waals surface area contributed by atoms with Gasteiger partial charge in [0.25, 0.3) is 0 Å². The Morgan fingerprint density at radius 1 is 1.38 bits per heavy atom. The number of aliphatic carboxylic acids is 1. The normalized spacial score (nSPS) is 12.4. The van der Waals surface area contributed by atoms with Gasteiger partial charge < -0.3 is 5.11 Å². The van der Waals surface area contributed by atoms with E-state index in [9.17, 15) is 4.79 Å². The zero-order valence-electron chi connectivity index (χ0n) is 9.69. The third kappa shape index (κ3) is 3.46. The molecule has 0 aliphatic heterocycles. The number of thioether (sulfide) groups is 2. The van der Waals surface area contributed by atoms with E-state index in [2.05, 4.69) is 6.07 Å². The van der Waals surface area contributed by atoms with Crippen LogP contribution in [-0.4, -0.2) is 23.6 Å². The first-order valence-corrected chi connectivity index (χ1v) is 7.47. The fourth-order valence-corrected chi connectivity index (χ4v) is 2.61. The summed E-state index contributed by atoms with van der Waals surface area (Å²) in [6, 6.07) is 6.21. The van der Waals surface area contributed by atoms with Gasteiger partial charge in [-0.05, 0) is 36.6 Å². The number of hydrogen-bond donors (Lipinski definition) is 1. The largest absolute Gasteiger partial charge is 0.481 e. The summed E-state index contributed by atoms with van der Waals surface area (Å²) < 4.78 is 0. The molecule has 88 valence electrons. The molecule has 0 radical (unpaired) electrons. The Kier molecular flexibility index (Phi) is 5.22. The van der Waals surface area contributed by atoms with E-state index < -0.39 is 5.97 Å². The molecule has 1 unspecified atom stereocenters. The quantitative estimate of drug-likeness (QED) is 0.819. The lowest BCUT2D eigenvalue weighted by Crippen LogP contribution is -2.12. The van der Waals surface area contributed by atoms with Crippen LogP contribution >= 0.6 is 23.5 Å². The molecule has 0 aliphatic rings. The van der Waals surface area contributed by atoms with Crippen LogP contribution in [0.4, 0.5) is 0 Å². The van der Waals surface area contributed by atoms with Gasteiger partial charge in [0.2, 0.25) is 0 Å². The van der Waals surface area contributed by atoms with Crippen molar-refractivity contribution in [3.8, 4) is 0 Å². The van der Waals surface area contributed by atoms with Crippen LogP contribution in [0.15, 0.2) is 28.0 Å². The lowest BCUT2D eigenvalue weighted by Gasteiger charge is -2.11. The highest BCUT2D eigenvalue weighted by Gasteiger charge is 2.14. The van der Waals surface area contributed by atoms with Crippen LogP contribution in [0.1, 0.15) is 12.5 Å². The molecular formula is C12H16O2S2. The molecule has 4 heteroatoms. The van der Waals surface area contributed by atoms with Crippen LogP contribution < -0.4 is 0 Å². The summed E-state index contributed by atoms with van der Waals surface area (Å²) in [6.45, 7) is 1.74. The van der Waals surface area contributed by atoms with Crippen molar-refractivity contribution in [2.45, 2.75) is 23.1 Å². The summed E-state index contributed by atoms with van der Waals surface area (Å²) in [5.74, 6) is -1.06. The van der Waals surface area contributed by atoms with E-state index in [0.717, 1.165) is 5.56 Å². The summed E-state index contributed by atoms with van der Waals surface area (Å²) in [6.07, 6.45) is 4.66. The van der Waals surface area contributed by atoms with Gasteiger partial charge >= 0.3 is 5.97 Å². The SMILES string of the molecule is CSc1ccc(CC(C)C(=O)O)c(SC)c1. The highest BCUT2D eigenvalue weighted by Crippen LogP contribution is 2.27. The second-order valence-electron chi connectivity index (χ2n) is 3.62. The molecule has 1 N–H and O–H groups in total. The third-order valence-electron chi connectivity index (χ3n) is 2.44. The van der Waals surface area contributed by atoms with Gasteiger partial charge in [0.1, 0.15) is 0 Å². The van der Waals surface area contributed by atoms with E-state index in [1.165, 1.54) is 9.79 Å². The van der Waals surface area contributed by atoms with Gasteiger partial charge in [-0.25, -0.2) is 0 Å². The number of rotatable bonds is 5. The molecule has 0 spiro atoms. The summed E-state index contributed by atoms with van der Waals surface area (Å²) in [5.41, 5.74) is 1.13. The van der Waals surface area contributed by atoms with Crippen LogP contribution in [0.3, 0.4) is 0 Å². The molecule has 0 saturated heterocycles. The molecule has 1 aromatic carbocycles. The van der Waals surface area contributed by atoms with Crippen LogP contribution in [0, 0.1) is 5.92 Å². The smallest absolute Gasteiger partial charge is 0.306 e. The van der Waals surface area contributed by atoms with Crippen molar-refractivity contribution < 1.29 is 9.90 Å². The van der Waals surface area contributed by atoms with Crippen LogP contribution in [-0.2, 0) is 11.2 Å². The molecule has 0 bridgehead atoms. The zero-order chi connectivity index (χ0) is 12.1. The second kappa shape index (κ2) is 6.21. The molecule has 0 aliphatic carbocycles. The Labute approximate surface area is 105 Å². The Morgan fingerprint density at radius 3 is 2.56 bits per heavy atom. The number of carbonyl (C=O) groups is 1. The standard InChI is InChI=1S/C12H16O2S2/c1-8(12(13)14)6-9-4-5-10(15-2)7-11(9)16-3/h4-5,7-8H,6H2,1-3H3,(H,13,14). The van der Waals surface area contributed by atoms with Crippen molar-refractivity contribution in [1.82, 2.24) is 0 Å². The minimum Gasteiger partial charge on any atom is -0.481 e. The first-order chi connectivity index (χ1) is 7.58. The molecule has 0 saturated carbocycles. The zero-order valence-corrected chi connectivity index (χ0v) is 11.3. The fourth-order valence-electron chi connectivity index (χ4n) is 1.44. The lowest BCUT2D eigenvalue weighted by molar-refractivity contribution is -0.141. The molecule has 0 fully saturated rings. The molecule has 0 heterocycles. The topological polar surface area (TPSA) is 37.3 Å². The number of benzene rings is 1. The molecule has 2 nitrogen and oxygen atoms in total. The Balaban J connectivity index is 2.91. The van der Waals surface area contributed by atoms with Crippen molar-refractivity contribution in [3.63, 3.8) is 0 Å². The summed E-state index contributed by atoms with van der Waals surface area (Å²) in [4.78, 5) is 13.2. The minimum atomic E-state index is -0.735. The van der Waals surface area contributed by atoms with E-state index in [0.29, 0.717) is 6.42 Å². The van der Waals surface area contributed by atoms with Crippen molar-refractivity contribution in [1.29, 1.82) is 0 Å². The molecule has 0 aromatic heterocycles. The van der Waals surface area contributed by atoms with Gasteiger partial charge in [-0.3, -0.25) is 4.79 Å². The number of carboxylic acids is 1.